The highest BCUT2D eigenvalue weighted by Crippen LogP contribution is 2.23. The van der Waals surface area contributed by atoms with Crippen molar-refractivity contribution in [2.75, 3.05) is 0 Å². The Morgan fingerprint density at radius 3 is 2.62 bits per heavy atom. The second kappa shape index (κ2) is 5.40. The summed E-state index contributed by atoms with van der Waals surface area (Å²) in [5.74, 6) is -0.710. The van der Waals surface area contributed by atoms with Crippen LogP contribution in [0.15, 0.2) is 54.7 Å². The molecular weight excluding hydrogens is 269 g/mol. The molecule has 0 unspecified atom stereocenters. The maximum Gasteiger partial charge on any atom is 0.340 e. The lowest BCUT2D eigenvalue weighted by molar-refractivity contribution is 0.0340. The first kappa shape index (κ1) is 13.4. The highest BCUT2D eigenvalue weighted by Gasteiger charge is 2.17. The monoisotopic (exact) mass is 283 g/mol. The highest BCUT2D eigenvalue weighted by molar-refractivity contribution is 6.04. The fourth-order valence-corrected chi connectivity index (χ4v) is 2.27. The lowest BCUT2D eigenvalue weighted by Crippen LogP contribution is -2.08. The van der Waals surface area contributed by atoms with Gasteiger partial charge in [0, 0.05) is 17.1 Å². The number of carbonyl (C=O) groups is 1. The van der Waals surface area contributed by atoms with Crippen molar-refractivity contribution in [1.82, 2.24) is 4.98 Å². The van der Waals surface area contributed by atoms with Gasteiger partial charge in [-0.2, -0.15) is 0 Å². The maximum absolute atomic E-state index is 12.9. The molecule has 0 aliphatic rings. The Morgan fingerprint density at radius 2 is 1.86 bits per heavy atom. The molecular formula is C17H14FNO2. The van der Waals surface area contributed by atoms with E-state index in [1.165, 1.54) is 12.1 Å². The fourth-order valence-electron chi connectivity index (χ4n) is 2.27. The number of ether oxygens (including phenoxy) is 1. The largest absolute Gasteiger partial charge is 0.454 e. The number of esters is 1. The molecule has 1 N–H and O–H groups in total. The summed E-state index contributed by atoms with van der Waals surface area (Å²) in [6.07, 6.45) is 1.21. The number of aromatic amines is 1. The number of hydrogen-bond donors (Lipinski definition) is 1. The molecule has 2 aromatic carbocycles. The second-order valence-corrected chi connectivity index (χ2v) is 4.85. The van der Waals surface area contributed by atoms with Gasteiger partial charge in [0.2, 0.25) is 0 Å². The molecule has 3 nitrogen and oxygen atoms in total. The van der Waals surface area contributed by atoms with Crippen LogP contribution in [0.1, 0.15) is 28.9 Å². The Balaban J connectivity index is 1.81. The number of hydrogen-bond acceptors (Lipinski definition) is 2. The van der Waals surface area contributed by atoms with Crippen LogP contribution in [0.5, 0.6) is 0 Å². The number of para-hydroxylation sites is 1. The van der Waals surface area contributed by atoms with Crippen LogP contribution in [0.2, 0.25) is 0 Å². The minimum absolute atomic E-state index is 0.311. The molecule has 0 aliphatic heterocycles. The van der Waals surface area contributed by atoms with Crippen molar-refractivity contribution < 1.29 is 13.9 Å². The van der Waals surface area contributed by atoms with Gasteiger partial charge < -0.3 is 9.72 Å². The molecule has 4 heteroatoms. The van der Waals surface area contributed by atoms with Gasteiger partial charge in [-0.15, -0.1) is 0 Å². The molecule has 3 aromatic rings. The average Bonchev–Trinajstić information content (AvgIpc) is 2.92. The topological polar surface area (TPSA) is 42.1 Å². The van der Waals surface area contributed by atoms with Gasteiger partial charge in [0.25, 0.3) is 0 Å². The molecule has 3 rings (SSSR count). The van der Waals surface area contributed by atoms with Crippen LogP contribution in [0.25, 0.3) is 10.9 Å². The zero-order valence-corrected chi connectivity index (χ0v) is 11.5. The number of carbonyl (C=O) groups excluding carboxylic acids is 1. The summed E-state index contributed by atoms with van der Waals surface area (Å²) in [5.41, 5.74) is 2.14. The molecule has 0 amide bonds. The first-order valence-corrected chi connectivity index (χ1v) is 6.68. The Kier molecular flexibility index (Phi) is 3.44. The third-order valence-electron chi connectivity index (χ3n) is 3.43. The summed E-state index contributed by atoms with van der Waals surface area (Å²) in [7, 11) is 0. The second-order valence-electron chi connectivity index (χ2n) is 4.85. The summed E-state index contributed by atoms with van der Waals surface area (Å²) in [6.45, 7) is 1.76. The zero-order valence-electron chi connectivity index (χ0n) is 11.5. The summed E-state index contributed by atoms with van der Waals surface area (Å²) in [6, 6.07) is 13.5. The van der Waals surface area contributed by atoms with Crippen LogP contribution in [-0.2, 0) is 4.74 Å². The van der Waals surface area contributed by atoms with Crippen LogP contribution in [0.4, 0.5) is 4.39 Å². The Labute approximate surface area is 121 Å². The fraction of sp³-hybridized carbons (Fsp3) is 0.118. The molecule has 0 radical (unpaired) electrons. The van der Waals surface area contributed by atoms with E-state index >= 15 is 0 Å². The molecule has 1 atom stereocenters. The average molecular weight is 283 g/mol. The van der Waals surface area contributed by atoms with Gasteiger partial charge in [-0.25, -0.2) is 9.18 Å². The SMILES string of the molecule is C[C@@H](OC(=O)c1c[nH]c2ccccc12)c1ccc(F)cc1. The van der Waals surface area contributed by atoms with Crippen molar-refractivity contribution in [3.63, 3.8) is 0 Å². The standard InChI is InChI=1S/C17H14FNO2/c1-11(12-6-8-13(18)9-7-12)21-17(20)15-10-19-16-5-3-2-4-14(15)16/h2-11,19H,1H3/t11-/m1/s1. The molecule has 0 spiro atoms. The lowest BCUT2D eigenvalue weighted by atomic mass is 10.1. The van der Waals surface area contributed by atoms with E-state index in [0.29, 0.717) is 5.56 Å². The van der Waals surface area contributed by atoms with E-state index in [2.05, 4.69) is 4.98 Å². The Morgan fingerprint density at radius 1 is 1.14 bits per heavy atom. The normalized spacial score (nSPS) is 12.3. The minimum Gasteiger partial charge on any atom is -0.454 e. The zero-order chi connectivity index (χ0) is 14.8. The van der Waals surface area contributed by atoms with E-state index in [1.807, 2.05) is 24.3 Å². The smallest absolute Gasteiger partial charge is 0.340 e. The van der Waals surface area contributed by atoms with Gasteiger partial charge in [-0.05, 0) is 30.7 Å². The van der Waals surface area contributed by atoms with Crippen LogP contribution in [-0.4, -0.2) is 11.0 Å². The quantitative estimate of drug-likeness (QED) is 0.731. The van der Waals surface area contributed by atoms with E-state index < -0.39 is 12.1 Å². The van der Waals surface area contributed by atoms with Gasteiger partial charge >= 0.3 is 5.97 Å². The number of halogens is 1. The van der Waals surface area contributed by atoms with E-state index in [-0.39, 0.29) is 5.82 Å². The molecule has 1 aromatic heterocycles. The number of benzene rings is 2. The van der Waals surface area contributed by atoms with Gasteiger partial charge in [0.05, 0.1) is 5.56 Å². The molecule has 0 bridgehead atoms. The number of H-pyrrole nitrogens is 1. The molecule has 21 heavy (non-hydrogen) atoms. The summed E-state index contributed by atoms with van der Waals surface area (Å²) >= 11 is 0. The predicted molar refractivity (Wildman–Crippen MR) is 78.5 cm³/mol. The molecule has 0 fully saturated rings. The van der Waals surface area contributed by atoms with Crippen molar-refractivity contribution in [2.24, 2.45) is 0 Å². The van der Waals surface area contributed by atoms with E-state index in [0.717, 1.165) is 16.5 Å². The number of nitrogens with one attached hydrogen (secondary N) is 1. The van der Waals surface area contributed by atoms with Gasteiger partial charge in [0.1, 0.15) is 11.9 Å². The first-order chi connectivity index (χ1) is 10.1. The van der Waals surface area contributed by atoms with Crippen molar-refractivity contribution >= 4 is 16.9 Å². The molecule has 0 saturated carbocycles. The lowest BCUT2D eigenvalue weighted by Gasteiger charge is -2.13. The first-order valence-electron chi connectivity index (χ1n) is 6.68. The summed E-state index contributed by atoms with van der Waals surface area (Å²) in [4.78, 5) is 15.3. The summed E-state index contributed by atoms with van der Waals surface area (Å²) < 4.78 is 18.3. The Hall–Kier alpha value is -2.62. The van der Waals surface area contributed by atoms with E-state index in [9.17, 15) is 9.18 Å². The summed E-state index contributed by atoms with van der Waals surface area (Å²) in [5, 5.41) is 0.828. The van der Waals surface area contributed by atoms with Crippen LogP contribution < -0.4 is 0 Å². The number of rotatable bonds is 3. The van der Waals surface area contributed by atoms with Gasteiger partial charge in [-0.1, -0.05) is 30.3 Å². The maximum atomic E-state index is 12.9. The third kappa shape index (κ3) is 2.65. The van der Waals surface area contributed by atoms with Crippen molar-refractivity contribution in [3.8, 4) is 0 Å². The van der Waals surface area contributed by atoms with Crippen molar-refractivity contribution in [1.29, 1.82) is 0 Å². The predicted octanol–water partition coefficient (Wildman–Crippen LogP) is 4.23. The number of fused-ring (bicyclic) bond motifs is 1. The van der Waals surface area contributed by atoms with Crippen molar-refractivity contribution in [3.05, 3.63) is 71.7 Å². The molecule has 1 heterocycles. The third-order valence-corrected chi connectivity index (χ3v) is 3.43. The van der Waals surface area contributed by atoms with Crippen LogP contribution in [0, 0.1) is 5.82 Å². The highest BCUT2D eigenvalue weighted by atomic mass is 19.1. The van der Waals surface area contributed by atoms with E-state index in [4.69, 9.17) is 4.74 Å². The Bertz CT molecular complexity index is 777. The minimum atomic E-state index is -0.438. The molecule has 106 valence electrons. The van der Waals surface area contributed by atoms with Gasteiger partial charge in [0.15, 0.2) is 0 Å². The molecule has 0 saturated heterocycles. The van der Waals surface area contributed by atoms with Crippen LogP contribution in [0.3, 0.4) is 0 Å². The van der Waals surface area contributed by atoms with E-state index in [1.54, 1.807) is 25.3 Å². The molecule has 0 aliphatic carbocycles. The van der Waals surface area contributed by atoms with Crippen molar-refractivity contribution in [2.45, 2.75) is 13.0 Å². The number of aromatic nitrogens is 1. The van der Waals surface area contributed by atoms with Crippen LogP contribution >= 0.6 is 0 Å². The van der Waals surface area contributed by atoms with Gasteiger partial charge in [-0.3, -0.25) is 0 Å².